The largest absolute Gasteiger partial charge is 0.327 e. The van der Waals surface area contributed by atoms with Gasteiger partial charge in [0.25, 0.3) is 0 Å². The number of hydrogen-bond acceptors (Lipinski definition) is 2. The van der Waals surface area contributed by atoms with Gasteiger partial charge in [0.15, 0.2) is 0 Å². The predicted molar refractivity (Wildman–Crippen MR) is 73.3 cm³/mol. The maximum Gasteiger partial charge on any atom is 0.0243 e. The molecule has 1 heterocycles. The lowest BCUT2D eigenvalue weighted by Crippen LogP contribution is -2.31. The van der Waals surface area contributed by atoms with Crippen LogP contribution in [0.2, 0.25) is 0 Å². The number of hydrogen-bond donors (Lipinski definition) is 1. The fourth-order valence-corrected chi connectivity index (χ4v) is 3.57. The standard InChI is InChI=1S/C16H22N2/c1-11(17)16(6-7-16)14-3-2-12-9-18(15-4-5-15)10-13(12)8-14/h2-3,8,11,15H,4-7,9-10,17H2,1H3. The summed E-state index contributed by atoms with van der Waals surface area (Å²) in [5.74, 6) is 0. The highest BCUT2D eigenvalue weighted by molar-refractivity contribution is 5.42. The van der Waals surface area contributed by atoms with E-state index < -0.39 is 0 Å². The van der Waals surface area contributed by atoms with Crippen LogP contribution < -0.4 is 5.73 Å². The summed E-state index contributed by atoms with van der Waals surface area (Å²) in [7, 11) is 0. The number of benzene rings is 1. The van der Waals surface area contributed by atoms with Crippen molar-refractivity contribution in [1.29, 1.82) is 0 Å². The van der Waals surface area contributed by atoms with Crippen molar-refractivity contribution in [3.63, 3.8) is 0 Å². The zero-order valence-corrected chi connectivity index (χ0v) is 11.2. The van der Waals surface area contributed by atoms with Crippen LogP contribution in [0.1, 0.15) is 49.3 Å². The van der Waals surface area contributed by atoms with E-state index in [1.807, 2.05) is 0 Å². The van der Waals surface area contributed by atoms with E-state index in [1.165, 1.54) is 44.3 Å². The smallest absolute Gasteiger partial charge is 0.0243 e. The number of nitrogens with two attached hydrogens (primary N) is 1. The van der Waals surface area contributed by atoms with E-state index in [0.29, 0.717) is 5.41 Å². The second kappa shape index (κ2) is 3.58. The summed E-state index contributed by atoms with van der Waals surface area (Å²) < 4.78 is 0. The quantitative estimate of drug-likeness (QED) is 0.882. The van der Waals surface area contributed by atoms with Crippen molar-refractivity contribution in [1.82, 2.24) is 4.90 Å². The maximum absolute atomic E-state index is 6.19. The second-order valence-corrected chi connectivity index (χ2v) is 6.56. The monoisotopic (exact) mass is 242 g/mol. The summed E-state index contributed by atoms with van der Waals surface area (Å²) >= 11 is 0. The lowest BCUT2D eigenvalue weighted by Gasteiger charge is -2.20. The summed E-state index contributed by atoms with van der Waals surface area (Å²) in [5.41, 5.74) is 11.1. The van der Waals surface area contributed by atoms with Crippen LogP contribution in [0.3, 0.4) is 0 Å². The first-order valence-corrected chi connectivity index (χ1v) is 7.31. The van der Waals surface area contributed by atoms with Gasteiger partial charge in [-0.25, -0.2) is 0 Å². The zero-order valence-electron chi connectivity index (χ0n) is 11.2. The molecule has 0 radical (unpaired) electrons. The molecule has 3 aliphatic rings. The average molecular weight is 242 g/mol. The molecule has 0 spiro atoms. The molecule has 0 amide bonds. The molecule has 1 atom stereocenters. The Balaban J connectivity index is 1.64. The van der Waals surface area contributed by atoms with E-state index >= 15 is 0 Å². The molecule has 2 saturated carbocycles. The summed E-state index contributed by atoms with van der Waals surface area (Å²) in [5, 5.41) is 0. The van der Waals surface area contributed by atoms with Crippen LogP contribution in [0.5, 0.6) is 0 Å². The number of rotatable bonds is 3. The maximum atomic E-state index is 6.19. The van der Waals surface area contributed by atoms with Crippen molar-refractivity contribution >= 4 is 0 Å². The first-order chi connectivity index (χ1) is 8.69. The van der Waals surface area contributed by atoms with E-state index in [-0.39, 0.29) is 6.04 Å². The minimum Gasteiger partial charge on any atom is -0.327 e. The molecule has 96 valence electrons. The summed E-state index contributed by atoms with van der Waals surface area (Å²) in [6, 6.07) is 8.32. The second-order valence-electron chi connectivity index (χ2n) is 6.56. The van der Waals surface area contributed by atoms with Gasteiger partial charge in [0, 0.05) is 30.6 Å². The highest BCUT2D eigenvalue weighted by Gasteiger charge is 2.47. The number of fused-ring (bicyclic) bond motifs is 1. The highest BCUT2D eigenvalue weighted by atomic mass is 15.2. The molecule has 2 N–H and O–H groups in total. The zero-order chi connectivity index (χ0) is 12.3. The molecule has 1 aromatic rings. The van der Waals surface area contributed by atoms with Gasteiger partial charge in [0.1, 0.15) is 0 Å². The van der Waals surface area contributed by atoms with Crippen LogP contribution in [0.4, 0.5) is 0 Å². The van der Waals surface area contributed by atoms with Crippen LogP contribution in [0.15, 0.2) is 18.2 Å². The SMILES string of the molecule is CC(N)C1(c2ccc3c(c2)CN(C2CC2)C3)CC1. The molecular weight excluding hydrogens is 220 g/mol. The summed E-state index contributed by atoms with van der Waals surface area (Å²) in [4.78, 5) is 2.64. The molecule has 2 aliphatic carbocycles. The minimum absolute atomic E-state index is 0.288. The van der Waals surface area contributed by atoms with Gasteiger partial charge in [-0.3, -0.25) is 4.90 Å². The van der Waals surface area contributed by atoms with E-state index in [4.69, 9.17) is 5.73 Å². The molecule has 0 aromatic heterocycles. The Morgan fingerprint density at radius 1 is 1.22 bits per heavy atom. The lowest BCUT2D eigenvalue weighted by atomic mass is 9.88. The van der Waals surface area contributed by atoms with Crippen LogP contribution in [0, 0.1) is 0 Å². The first kappa shape index (κ1) is 11.0. The first-order valence-electron chi connectivity index (χ1n) is 7.31. The Kier molecular flexibility index (Phi) is 2.19. The average Bonchev–Trinajstić information content (AvgIpc) is 3.23. The van der Waals surface area contributed by atoms with Crippen LogP contribution in [-0.2, 0) is 18.5 Å². The van der Waals surface area contributed by atoms with E-state index in [9.17, 15) is 0 Å². The Morgan fingerprint density at radius 3 is 2.56 bits per heavy atom. The highest BCUT2D eigenvalue weighted by Crippen LogP contribution is 2.51. The third-order valence-corrected chi connectivity index (χ3v) is 5.25. The molecule has 18 heavy (non-hydrogen) atoms. The topological polar surface area (TPSA) is 29.3 Å². The lowest BCUT2D eigenvalue weighted by molar-refractivity contribution is 0.273. The van der Waals surface area contributed by atoms with Crippen molar-refractivity contribution in [2.24, 2.45) is 5.73 Å². The van der Waals surface area contributed by atoms with E-state index in [2.05, 4.69) is 30.0 Å². The molecule has 0 bridgehead atoms. The Morgan fingerprint density at radius 2 is 1.94 bits per heavy atom. The van der Waals surface area contributed by atoms with Gasteiger partial charge in [0.2, 0.25) is 0 Å². The van der Waals surface area contributed by atoms with E-state index in [1.54, 1.807) is 11.1 Å². The van der Waals surface area contributed by atoms with Gasteiger partial charge in [-0.15, -0.1) is 0 Å². The molecule has 1 aliphatic heterocycles. The molecular formula is C16H22N2. The van der Waals surface area contributed by atoms with Crippen LogP contribution in [-0.4, -0.2) is 17.0 Å². The predicted octanol–water partition coefficient (Wildman–Crippen LogP) is 2.54. The van der Waals surface area contributed by atoms with Crippen molar-refractivity contribution in [3.8, 4) is 0 Å². The van der Waals surface area contributed by atoms with Gasteiger partial charge in [-0.05, 0) is 49.3 Å². The fraction of sp³-hybridized carbons (Fsp3) is 0.625. The number of nitrogens with zero attached hydrogens (tertiary/aromatic N) is 1. The Bertz CT molecular complexity index is 484. The van der Waals surface area contributed by atoms with Crippen molar-refractivity contribution in [2.45, 2.75) is 63.2 Å². The third kappa shape index (κ3) is 1.55. The third-order valence-electron chi connectivity index (χ3n) is 5.25. The molecule has 1 unspecified atom stereocenters. The Hall–Kier alpha value is -0.860. The molecule has 2 fully saturated rings. The molecule has 0 saturated heterocycles. The van der Waals surface area contributed by atoms with Gasteiger partial charge in [0.05, 0.1) is 0 Å². The Labute approximate surface area is 109 Å². The fourth-order valence-electron chi connectivity index (χ4n) is 3.57. The van der Waals surface area contributed by atoms with Gasteiger partial charge >= 0.3 is 0 Å². The summed E-state index contributed by atoms with van der Waals surface area (Å²) in [6.07, 6.45) is 5.36. The van der Waals surface area contributed by atoms with E-state index in [0.717, 1.165) is 6.04 Å². The van der Waals surface area contributed by atoms with Gasteiger partial charge < -0.3 is 5.73 Å². The minimum atomic E-state index is 0.288. The van der Waals surface area contributed by atoms with Gasteiger partial charge in [-0.2, -0.15) is 0 Å². The normalized spacial score (nSPS) is 27.0. The van der Waals surface area contributed by atoms with Crippen molar-refractivity contribution in [3.05, 3.63) is 34.9 Å². The van der Waals surface area contributed by atoms with Crippen molar-refractivity contribution in [2.75, 3.05) is 0 Å². The summed E-state index contributed by atoms with van der Waals surface area (Å²) in [6.45, 7) is 4.51. The molecule has 2 nitrogen and oxygen atoms in total. The van der Waals surface area contributed by atoms with Gasteiger partial charge in [-0.1, -0.05) is 18.2 Å². The van der Waals surface area contributed by atoms with Crippen LogP contribution in [0.25, 0.3) is 0 Å². The molecule has 1 aromatic carbocycles. The molecule has 4 rings (SSSR count). The van der Waals surface area contributed by atoms with Crippen molar-refractivity contribution < 1.29 is 0 Å². The molecule has 2 heteroatoms. The van der Waals surface area contributed by atoms with Crippen LogP contribution >= 0.6 is 0 Å².